The molecule has 20 heavy (non-hydrogen) atoms. The lowest BCUT2D eigenvalue weighted by atomic mass is 10.1. The Balaban J connectivity index is 2.89. The van der Waals surface area contributed by atoms with Crippen molar-refractivity contribution in [3.8, 4) is 0 Å². The molecule has 0 fully saturated rings. The number of hydrogen-bond acceptors (Lipinski definition) is 5. The first-order chi connectivity index (χ1) is 9.00. The van der Waals surface area contributed by atoms with Gasteiger partial charge in [-0.05, 0) is 19.9 Å². The van der Waals surface area contributed by atoms with E-state index >= 15 is 0 Å². The van der Waals surface area contributed by atoms with Crippen LogP contribution in [0.3, 0.4) is 0 Å². The van der Waals surface area contributed by atoms with Crippen molar-refractivity contribution < 1.29 is 17.7 Å². The molecule has 2 N–H and O–H groups in total. The molecule has 0 unspecified atom stereocenters. The second kappa shape index (κ2) is 5.71. The number of nitro benzene ring substituents is 1. The highest BCUT2D eigenvalue weighted by Crippen LogP contribution is 2.25. The van der Waals surface area contributed by atoms with Crippen LogP contribution in [0.1, 0.15) is 13.8 Å². The monoisotopic (exact) mass is 305 g/mol. The Labute approximate surface area is 116 Å². The summed E-state index contributed by atoms with van der Waals surface area (Å²) in [7, 11) is -3.42. The van der Waals surface area contributed by atoms with Crippen molar-refractivity contribution in [2.24, 2.45) is 0 Å². The van der Waals surface area contributed by atoms with Gasteiger partial charge in [-0.25, -0.2) is 17.5 Å². The number of nitrogens with one attached hydrogen (secondary N) is 2. The Hall–Kier alpha value is -1.74. The van der Waals surface area contributed by atoms with E-state index in [0.29, 0.717) is 0 Å². The number of rotatable bonds is 6. The summed E-state index contributed by atoms with van der Waals surface area (Å²) in [4.78, 5) is 10.2. The summed E-state index contributed by atoms with van der Waals surface area (Å²) in [6.07, 6.45) is 1.01. The van der Waals surface area contributed by atoms with Gasteiger partial charge in [0.05, 0.1) is 11.2 Å². The maximum absolute atomic E-state index is 13.1. The number of sulfonamides is 1. The second-order valence-electron chi connectivity index (χ2n) is 5.03. The van der Waals surface area contributed by atoms with Crippen LogP contribution in [0.2, 0.25) is 0 Å². The van der Waals surface area contributed by atoms with Crippen LogP contribution in [0.4, 0.5) is 15.8 Å². The Morgan fingerprint density at radius 1 is 1.40 bits per heavy atom. The lowest BCUT2D eigenvalue weighted by molar-refractivity contribution is -0.384. The third kappa shape index (κ3) is 5.10. The number of halogens is 1. The molecule has 7 nitrogen and oxygen atoms in total. The van der Waals surface area contributed by atoms with Gasteiger partial charge in [0.15, 0.2) is 0 Å². The molecule has 0 amide bonds. The van der Waals surface area contributed by atoms with Crippen LogP contribution in [-0.2, 0) is 10.0 Å². The van der Waals surface area contributed by atoms with Crippen LogP contribution >= 0.6 is 0 Å². The molecule has 1 aromatic rings. The van der Waals surface area contributed by atoms with E-state index in [1.54, 1.807) is 13.8 Å². The van der Waals surface area contributed by atoms with E-state index in [4.69, 9.17) is 0 Å². The molecule has 0 saturated carbocycles. The summed E-state index contributed by atoms with van der Waals surface area (Å²) in [6, 6.07) is 3.03. The Morgan fingerprint density at radius 3 is 2.50 bits per heavy atom. The smallest absolute Gasteiger partial charge is 0.292 e. The Morgan fingerprint density at radius 2 is 2.00 bits per heavy atom. The molecule has 1 rings (SSSR count). The molecule has 0 aliphatic heterocycles. The van der Waals surface area contributed by atoms with Crippen LogP contribution in [0.25, 0.3) is 0 Å². The van der Waals surface area contributed by atoms with Gasteiger partial charge in [-0.1, -0.05) is 0 Å². The zero-order valence-corrected chi connectivity index (χ0v) is 12.1. The minimum Gasteiger partial charge on any atom is -0.378 e. The van der Waals surface area contributed by atoms with Crippen molar-refractivity contribution in [3.05, 3.63) is 34.1 Å². The van der Waals surface area contributed by atoms with Crippen molar-refractivity contribution in [1.29, 1.82) is 0 Å². The molecule has 0 aliphatic rings. The quantitative estimate of drug-likeness (QED) is 0.612. The molecule has 9 heteroatoms. The first kappa shape index (κ1) is 16.3. The molecule has 0 spiro atoms. The fourth-order valence-corrected chi connectivity index (χ4v) is 2.74. The Kier molecular flexibility index (Phi) is 4.66. The molecule has 0 radical (unpaired) electrons. The van der Waals surface area contributed by atoms with Crippen LogP contribution in [0.15, 0.2) is 18.2 Å². The summed E-state index contributed by atoms with van der Waals surface area (Å²) >= 11 is 0. The molecule has 0 heterocycles. The molecular formula is C11H16FN3O4S. The van der Waals surface area contributed by atoms with Gasteiger partial charge in [0, 0.05) is 24.2 Å². The zero-order chi connectivity index (χ0) is 15.6. The standard InChI is InChI=1S/C11H16FN3O4S/c1-11(2,14-20(3,18)19)7-13-9-6-8(12)4-5-10(9)15(16)17/h4-6,13-14H,7H2,1-3H3. The number of nitro groups is 1. The second-order valence-corrected chi connectivity index (χ2v) is 6.78. The fourth-order valence-electron chi connectivity index (χ4n) is 1.66. The van der Waals surface area contributed by atoms with Gasteiger partial charge in [-0.15, -0.1) is 0 Å². The first-order valence-corrected chi connectivity index (χ1v) is 7.56. The first-order valence-electron chi connectivity index (χ1n) is 5.67. The molecule has 0 aliphatic carbocycles. The van der Waals surface area contributed by atoms with E-state index < -0.39 is 26.3 Å². The van der Waals surface area contributed by atoms with Crippen LogP contribution in [-0.4, -0.2) is 31.7 Å². The highest BCUT2D eigenvalue weighted by Gasteiger charge is 2.23. The van der Waals surface area contributed by atoms with Gasteiger partial charge in [-0.3, -0.25) is 10.1 Å². The maximum atomic E-state index is 13.1. The van der Waals surface area contributed by atoms with Crippen LogP contribution in [0.5, 0.6) is 0 Å². The van der Waals surface area contributed by atoms with Crippen molar-refractivity contribution in [1.82, 2.24) is 4.72 Å². The number of anilines is 1. The molecule has 0 saturated heterocycles. The summed E-state index contributed by atoms with van der Waals surface area (Å²) < 4.78 is 37.9. The highest BCUT2D eigenvalue weighted by atomic mass is 32.2. The van der Waals surface area contributed by atoms with Gasteiger partial charge in [0.25, 0.3) is 5.69 Å². The van der Waals surface area contributed by atoms with Crippen molar-refractivity contribution in [2.75, 3.05) is 18.1 Å². The van der Waals surface area contributed by atoms with Crippen molar-refractivity contribution in [3.63, 3.8) is 0 Å². The third-order valence-corrected chi connectivity index (χ3v) is 3.26. The average molecular weight is 305 g/mol. The normalized spacial score (nSPS) is 12.2. The molecule has 112 valence electrons. The summed E-state index contributed by atoms with van der Waals surface area (Å²) in [6.45, 7) is 3.27. The van der Waals surface area contributed by atoms with E-state index in [2.05, 4.69) is 10.0 Å². The lowest BCUT2D eigenvalue weighted by Gasteiger charge is -2.25. The summed E-state index contributed by atoms with van der Waals surface area (Å²) in [5, 5.41) is 13.5. The molecular weight excluding hydrogens is 289 g/mol. The maximum Gasteiger partial charge on any atom is 0.292 e. The summed E-state index contributed by atoms with van der Waals surface area (Å²) in [5.74, 6) is -0.619. The fraction of sp³-hybridized carbons (Fsp3) is 0.455. The van der Waals surface area contributed by atoms with Crippen molar-refractivity contribution in [2.45, 2.75) is 19.4 Å². The topological polar surface area (TPSA) is 101 Å². The van der Waals surface area contributed by atoms with E-state index in [-0.39, 0.29) is 17.9 Å². The molecule has 0 atom stereocenters. The molecule has 1 aromatic carbocycles. The van der Waals surface area contributed by atoms with E-state index in [1.165, 1.54) is 0 Å². The minimum atomic E-state index is -3.42. The number of benzene rings is 1. The van der Waals surface area contributed by atoms with E-state index in [1.807, 2.05) is 0 Å². The van der Waals surface area contributed by atoms with Gasteiger partial charge in [0.1, 0.15) is 11.5 Å². The number of hydrogen-bond donors (Lipinski definition) is 2. The van der Waals surface area contributed by atoms with Gasteiger partial charge in [0.2, 0.25) is 10.0 Å². The number of nitrogens with zero attached hydrogens (tertiary/aromatic N) is 1. The average Bonchev–Trinajstić information content (AvgIpc) is 2.22. The van der Waals surface area contributed by atoms with E-state index in [0.717, 1.165) is 24.5 Å². The van der Waals surface area contributed by atoms with Crippen LogP contribution in [0, 0.1) is 15.9 Å². The van der Waals surface area contributed by atoms with E-state index in [9.17, 15) is 22.9 Å². The SMILES string of the molecule is CC(C)(CNc1cc(F)ccc1[N+](=O)[O-])NS(C)(=O)=O. The molecule has 0 aromatic heterocycles. The lowest BCUT2D eigenvalue weighted by Crippen LogP contribution is -2.47. The van der Waals surface area contributed by atoms with Crippen LogP contribution < -0.4 is 10.0 Å². The predicted molar refractivity (Wildman–Crippen MR) is 73.6 cm³/mol. The minimum absolute atomic E-state index is 0.00150. The van der Waals surface area contributed by atoms with Crippen molar-refractivity contribution >= 4 is 21.4 Å². The highest BCUT2D eigenvalue weighted by molar-refractivity contribution is 7.88. The van der Waals surface area contributed by atoms with Gasteiger partial charge >= 0.3 is 0 Å². The Bertz CT molecular complexity index is 616. The van der Waals surface area contributed by atoms with Gasteiger partial charge in [-0.2, -0.15) is 0 Å². The zero-order valence-electron chi connectivity index (χ0n) is 11.3. The molecule has 0 bridgehead atoms. The largest absolute Gasteiger partial charge is 0.378 e. The van der Waals surface area contributed by atoms with Gasteiger partial charge < -0.3 is 5.32 Å². The predicted octanol–water partition coefficient (Wildman–Crippen LogP) is 1.47. The third-order valence-electron chi connectivity index (χ3n) is 2.34. The summed E-state index contributed by atoms with van der Waals surface area (Å²) in [5.41, 5.74) is -1.16.